The molecule has 1 aliphatic carbocycles. The van der Waals surface area contributed by atoms with E-state index < -0.39 is 0 Å². The summed E-state index contributed by atoms with van der Waals surface area (Å²) in [6, 6.07) is 6.95. The number of para-hydroxylation sites is 1. The maximum absolute atomic E-state index is 6.47. The molecule has 1 aromatic carbocycles. The number of benzene rings is 1. The molecule has 20 heavy (non-hydrogen) atoms. The van der Waals surface area contributed by atoms with Gasteiger partial charge in [0.15, 0.2) is 0 Å². The Hall–Kier alpha value is -0.770. The Morgan fingerprint density at radius 2 is 2.25 bits per heavy atom. The van der Waals surface area contributed by atoms with E-state index in [1.807, 2.05) is 12.1 Å². The van der Waals surface area contributed by atoms with Gasteiger partial charge in [0.05, 0.1) is 23.4 Å². The summed E-state index contributed by atoms with van der Waals surface area (Å²) >= 11 is 6.47. The largest absolute Gasteiger partial charge is 0.375 e. The lowest BCUT2D eigenvalue weighted by molar-refractivity contribution is 0.0384. The number of morpholine rings is 1. The van der Waals surface area contributed by atoms with Crippen molar-refractivity contribution >= 4 is 17.3 Å². The molecule has 1 saturated carbocycles. The number of nitrogens with one attached hydrogen (secondary N) is 1. The van der Waals surface area contributed by atoms with Crippen LogP contribution in [0.2, 0.25) is 5.02 Å². The molecule has 1 unspecified atom stereocenters. The van der Waals surface area contributed by atoms with Crippen LogP contribution in [-0.2, 0) is 11.3 Å². The number of rotatable bonds is 5. The van der Waals surface area contributed by atoms with Gasteiger partial charge < -0.3 is 15.0 Å². The van der Waals surface area contributed by atoms with Crippen molar-refractivity contribution in [2.45, 2.75) is 44.9 Å². The molecule has 1 N–H and O–H groups in total. The zero-order valence-electron chi connectivity index (χ0n) is 12.1. The van der Waals surface area contributed by atoms with Gasteiger partial charge in [0.2, 0.25) is 0 Å². The fraction of sp³-hybridized carbons (Fsp3) is 0.625. The molecule has 1 aliphatic heterocycles. The summed E-state index contributed by atoms with van der Waals surface area (Å²) in [7, 11) is 0. The molecule has 3 nitrogen and oxygen atoms in total. The van der Waals surface area contributed by atoms with E-state index in [4.69, 9.17) is 16.3 Å². The van der Waals surface area contributed by atoms with Gasteiger partial charge in [-0.1, -0.05) is 30.7 Å². The molecular formula is C16H23ClN2O. The predicted molar refractivity (Wildman–Crippen MR) is 83.6 cm³/mol. The summed E-state index contributed by atoms with van der Waals surface area (Å²) in [5.74, 6) is 0. The third-order valence-electron chi connectivity index (χ3n) is 4.14. The molecule has 1 atom stereocenters. The summed E-state index contributed by atoms with van der Waals surface area (Å²) in [5, 5.41) is 4.45. The van der Waals surface area contributed by atoms with Crippen LogP contribution in [0.1, 0.15) is 31.7 Å². The van der Waals surface area contributed by atoms with Gasteiger partial charge in [0.25, 0.3) is 0 Å². The van der Waals surface area contributed by atoms with Crippen molar-refractivity contribution in [3.63, 3.8) is 0 Å². The van der Waals surface area contributed by atoms with E-state index in [1.54, 1.807) is 0 Å². The molecule has 2 fully saturated rings. The Morgan fingerprint density at radius 3 is 3.00 bits per heavy atom. The molecule has 4 heteroatoms. The van der Waals surface area contributed by atoms with Crippen molar-refractivity contribution < 1.29 is 4.74 Å². The van der Waals surface area contributed by atoms with Crippen molar-refractivity contribution in [2.75, 3.05) is 24.6 Å². The number of hydrogen-bond acceptors (Lipinski definition) is 3. The summed E-state index contributed by atoms with van der Waals surface area (Å²) in [5.41, 5.74) is 2.50. The van der Waals surface area contributed by atoms with Gasteiger partial charge in [-0.2, -0.15) is 0 Å². The number of nitrogens with zero attached hydrogens (tertiary/aromatic N) is 1. The maximum atomic E-state index is 6.47. The molecule has 1 heterocycles. The van der Waals surface area contributed by atoms with E-state index in [-0.39, 0.29) is 0 Å². The van der Waals surface area contributed by atoms with E-state index in [9.17, 15) is 0 Å². The van der Waals surface area contributed by atoms with Crippen molar-refractivity contribution in [1.82, 2.24) is 5.32 Å². The quantitative estimate of drug-likeness (QED) is 0.902. The van der Waals surface area contributed by atoms with Crippen LogP contribution in [0.15, 0.2) is 18.2 Å². The predicted octanol–water partition coefficient (Wildman–Crippen LogP) is 3.21. The minimum atomic E-state index is 0.323. The van der Waals surface area contributed by atoms with Crippen LogP contribution in [0.5, 0.6) is 0 Å². The zero-order chi connectivity index (χ0) is 13.9. The average molecular weight is 295 g/mol. The molecule has 0 bridgehead atoms. The van der Waals surface area contributed by atoms with Crippen LogP contribution >= 0.6 is 11.6 Å². The Balaban J connectivity index is 1.78. The van der Waals surface area contributed by atoms with Gasteiger partial charge in [-0.15, -0.1) is 0 Å². The second-order valence-corrected chi connectivity index (χ2v) is 6.16. The normalized spacial score (nSPS) is 23.1. The highest BCUT2D eigenvalue weighted by Crippen LogP contribution is 2.32. The molecule has 0 aromatic heterocycles. The summed E-state index contributed by atoms with van der Waals surface area (Å²) in [6.45, 7) is 5.75. The molecule has 0 spiro atoms. The Labute approximate surface area is 126 Å². The first-order valence-electron chi connectivity index (χ1n) is 7.65. The number of anilines is 1. The smallest absolute Gasteiger partial charge is 0.0748 e. The van der Waals surface area contributed by atoms with Crippen LogP contribution in [0.4, 0.5) is 5.69 Å². The molecule has 1 aromatic rings. The van der Waals surface area contributed by atoms with Crippen molar-refractivity contribution in [2.24, 2.45) is 0 Å². The Morgan fingerprint density at radius 1 is 1.40 bits per heavy atom. The first-order valence-corrected chi connectivity index (χ1v) is 8.03. The standard InChI is InChI=1S/C16H23ClN2O/c1-2-14-11-19(8-9-20-14)16-12(4-3-5-15(16)17)10-18-13-6-7-13/h3-5,13-14,18H,2,6-11H2,1H3. The SMILES string of the molecule is CCC1CN(c2c(Cl)cccc2CNC2CC2)CCO1. The zero-order valence-corrected chi connectivity index (χ0v) is 12.8. The molecule has 110 valence electrons. The average Bonchev–Trinajstić information content (AvgIpc) is 3.29. The third-order valence-corrected chi connectivity index (χ3v) is 4.44. The minimum Gasteiger partial charge on any atom is -0.375 e. The molecule has 1 saturated heterocycles. The first-order chi connectivity index (χ1) is 9.78. The minimum absolute atomic E-state index is 0.323. The van der Waals surface area contributed by atoms with E-state index in [0.29, 0.717) is 6.10 Å². The van der Waals surface area contributed by atoms with Crippen molar-refractivity contribution in [3.8, 4) is 0 Å². The van der Waals surface area contributed by atoms with Crippen LogP contribution in [0.3, 0.4) is 0 Å². The second-order valence-electron chi connectivity index (χ2n) is 5.75. The fourth-order valence-electron chi connectivity index (χ4n) is 2.77. The van der Waals surface area contributed by atoms with Crippen LogP contribution in [0.25, 0.3) is 0 Å². The highest BCUT2D eigenvalue weighted by Gasteiger charge is 2.24. The lowest BCUT2D eigenvalue weighted by atomic mass is 10.1. The lowest BCUT2D eigenvalue weighted by Gasteiger charge is -2.36. The highest BCUT2D eigenvalue weighted by molar-refractivity contribution is 6.33. The van der Waals surface area contributed by atoms with Gasteiger partial charge in [0.1, 0.15) is 0 Å². The van der Waals surface area contributed by atoms with Crippen LogP contribution < -0.4 is 10.2 Å². The van der Waals surface area contributed by atoms with E-state index in [0.717, 1.165) is 43.7 Å². The lowest BCUT2D eigenvalue weighted by Crippen LogP contribution is -2.43. The fourth-order valence-corrected chi connectivity index (χ4v) is 3.08. The van der Waals surface area contributed by atoms with Gasteiger partial charge in [-0.25, -0.2) is 0 Å². The molecule has 0 radical (unpaired) electrons. The number of ether oxygens (including phenoxy) is 1. The first kappa shape index (κ1) is 14.2. The molecule has 0 amide bonds. The summed E-state index contributed by atoms with van der Waals surface area (Å²) in [6.07, 6.45) is 4.00. The Kier molecular flexibility index (Phi) is 4.49. The van der Waals surface area contributed by atoms with Crippen LogP contribution in [0, 0.1) is 0 Å². The third kappa shape index (κ3) is 3.27. The van der Waals surface area contributed by atoms with Gasteiger partial charge in [-0.3, -0.25) is 0 Å². The molecular weight excluding hydrogens is 272 g/mol. The van der Waals surface area contributed by atoms with Gasteiger partial charge >= 0.3 is 0 Å². The Bertz CT molecular complexity index is 462. The van der Waals surface area contributed by atoms with E-state index >= 15 is 0 Å². The number of hydrogen-bond donors (Lipinski definition) is 1. The summed E-state index contributed by atoms with van der Waals surface area (Å²) < 4.78 is 5.77. The van der Waals surface area contributed by atoms with Gasteiger partial charge in [0, 0.05) is 25.7 Å². The van der Waals surface area contributed by atoms with E-state index in [2.05, 4.69) is 23.2 Å². The number of halogens is 1. The summed E-state index contributed by atoms with van der Waals surface area (Å²) in [4.78, 5) is 2.39. The second kappa shape index (κ2) is 6.33. The highest BCUT2D eigenvalue weighted by atomic mass is 35.5. The van der Waals surface area contributed by atoms with Crippen molar-refractivity contribution in [3.05, 3.63) is 28.8 Å². The van der Waals surface area contributed by atoms with Crippen LogP contribution in [-0.4, -0.2) is 31.8 Å². The van der Waals surface area contributed by atoms with Crippen molar-refractivity contribution in [1.29, 1.82) is 0 Å². The van der Waals surface area contributed by atoms with Gasteiger partial charge in [-0.05, 0) is 30.9 Å². The monoisotopic (exact) mass is 294 g/mol. The van der Waals surface area contributed by atoms with E-state index in [1.165, 1.54) is 24.1 Å². The molecule has 2 aliphatic rings. The topological polar surface area (TPSA) is 24.5 Å². The maximum Gasteiger partial charge on any atom is 0.0748 e. The molecule has 3 rings (SSSR count).